The molecule has 0 radical (unpaired) electrons. The second-order valence-corrected chi connectivity index (χ2v) is 6.38. The lowest BCUT2D eigenvalue weighted by Crippen LogP contribution is -2.16. The van der Waals surface area contributed by atoms with E-state index in [4.69, 9.17) is 17.3 Å². The van der Waals surface area contributed by atoms with Crippen molar-refractivity contribution in [1.29, 1.82) is 0 Å². The molecule has 0 atom stereocenters. The molecule has 0 amide bonds. The van der Waals surface area contributed by atoms with E-state index >= 15 is 0 Å². The average molecular weight is 308 g/mol. The van der Waals surface area contributed by atoms with Gasteiger partial charge < -0.3 is 5.73 Å². The first kappa shape index (κ1) is 17.3. The lowest BCUT2D eigenvalue weighted by atomic mass is 9.84. The zero-order valence-electron chi connectivity index (χ0n) is 12.1. The molecule has 0 saturated carbocycles. The summed E-state index contributed by atoms with van der Waals surface area (Å²) in [6.07, 6.45) is -2.27. The number of alkyl halides is 3. The van der Waals surface area contributed by atoms with Gasteiger partial charge in [-0.2, -0.15) is 13.2 Å². The smallest absolute Gasteiger partial charge is 0.330 e. The lowest BCUT2D eigenvalue weighted by molar-refractivity contribution is -0.137. The second kappa shape index (κ2) is 6.35. The molecule has 20 heavy (non-hydrogen) atoms. The first-order valence-corrected chi connectivity index (χ1v) is 7.05. The molecule has 1 aromatic carbocycles. The van der Waals surface area contributed by atoms with Crippen LogP contribution in [0.2, 0.25) is 5.02 Å². The predicted molar refractivity (Wildman–Crippen MR) is 77.1 cm³/mol. The summed E-state index contributed by atoms with van der Waals surface area (Å²) in [7, 11) is 0. The van der Waals surface area contributed by atoms with E-state index in [1.807, 2.05) is 20.8 Å². The van der Waals surface area contributed by atoms with Crippen LogP contribution in [0.25, 0.3) is 0 Å². The van der Waals surface area contributed by atoms with Crippen molar-refractivity contribution in [3.05, 3.63) is 33.8 Å². The molecular weight excluding hydrogens is 287 g/mol. The summed E-state index contributed by atoms with van der Waals surface area (Å²) in [6.45, 7) is 6.12. The van der Waals surface area contributed by atoms with Crippen LogP contribution in [0.5, 0.6) is 0 Å². The standard InChI is InChI=1S/C15H21ClF3N/c1-14(2,3)11-8-10(6-4-5-7-20)9-12(13(11)16)15(17,18)19/h8-9H,4-7,20H2,1-3H3. The third-order valence-electron chi connectivity index (χ3n) is 3.17. The highest BCUT2D eigenvalue weighted by Gasteiger charge is 2.36. The molecule has 114 valence electrons. The summed E-state index contributed by atoms with van der Waals surface area (Å²) >= 11 is 5.97. The van der Waals surface area contributed by atoms with Crippen molar-refractivity contribution in [2.45, 2.75) is 51.6 Å². The van der Waals surface area contributed by atoms with Crippen LogP contribution in [-0.2, 0) is 18.0 Å². The van der Waals surface area contributed by atoms with E-state index < -0.39 is 17.2 Å². The maximum atomic E-state index is 13.1. The average Bonchev–Trinajstić information content (AvgIpc) is 2.28. The Hall–Kier alpha value is -0.740. The number of halogens is 4. The van der Waals surface area contributed by atoms with E-state index in [-0.39, 0.29) is 5.02 Å². The van der Waals surface area contributed by atoms with Gasteiger partial charge in [-0.25, -0.2) is 0 Å². The summed E-state index contributed by atoms with van der Waals surface area (Å²) in [5.74, 6) is 0. The number of rotatable bonds is 4. The Morgan fingerprint density at radius 3 is 2.05 bits per heavy atom. The molecule has 0 saturated heterocycles. The molecule has 0 spiro atoms. The Balaban J connectivity index is 3.28. The second-order valence-electron chi connectivity index (χ2n) is 6.00. The zero-order valence-corrected chi connectivity index (χ0v) is 12.8. The molecule has 0 heterocycles. The van der Waals surface area contributed by atoms with Crippen molar-refractivity contribution in [2.24, 2.45) is 5.73 Å². The molecule has 0 aromatic heterocycles. The fraction of sp³-hybridized carbons (Fsp3) is 0.600. The summed E-state index contributed by atoms with van der Waals surface area (Å²) in [5, 5.41) is -0.187. The molecule has 0 bridgehead atoms. The minimum Gasteiger partial charge on any atom is -0.330 e. The van der Waals surface area contributed by atoms with E-state index in [1.54, 1.807) is 6.07 Å². The Morgan fingerprint density at radius 1 is 1.05 bits per heavy atom. The summed E-state index contributed by atoms with van der Waals surface area (Å²) in [5.41, 5.74) is 5.45. The monoisotopic (exact) mass is 307 g/mol. The number of hydrogen-bond donors (Lipinski definition) is 1. The van der Waals surface area contributed by atoms with E-state index in [2.05, 4.69) is 0 Å². The molecule has 0 aliphatic rings. The van der Waals surface area contributed by atoms with Crippen molar-refractivity contribution >= 4 is 11.6 Å². The van der Waals surface area contributed by atoms with E-state index in [0.717, 1.165) is 18.9 Å². The van der Waals surface area contributed by atoms with Gasteiger partial charge in [0.25, 0.3) is 0 Å². The van der Waals surface area contributed by atoms with Crippen molar-refractivity contribution in [3.8, 4) is 0 Å². The Labute approximate surface area is 123 Å². The minimum absolute atomic E-state index is 0.187. The quantitative estimate of drug-likeness (QED) is 0.784. The fourth-order valence-corrected chi connectivity index (χ4v) is 2.55. The highest BCUT2D eigenvalue weighted by atomic mass is 35.5. The highest BCUT2D eigenvalue weighted by molar-refractivity contribution is 6.32. The number of benzene rings is 1. The number of unbranched alkanes of at least 4 members (excludes halogenated alkanes) is 1. The molecule has 0 aliphatic heterocycles. The van der Waals surface area contributed by atoms with Crippen LogP contribution in [0.1, 0.15) is 50.3 Å². The summed E-state index contributed by atoms with van der Waals surface area (Å²) < 4.78 is 39.2. The molecule has 1 rings (SSSR count). The van der Waals surface area contributed by atoms with Crippen LogP contribution in [0.3, 0.4) is 0 Å². The first-order valence-electron chi connectivity index (χ1n) is 6.67. The van der Waals surface area contributed by atoms with E-state index in [9.17, 15) is 13.2 Å². The lowest BCUT2D eigenvalue weighted by Gasteiger charge is -2.24. The van der Waals surface area contributed by atoms with Crippen molar-refractivity contribution in [2.75, 3.05) is 6.54 Å². The third-order valence-corrected chi connectivity index (χ3v) is 3.57. The van der Waals surface area contributed by atoms with Gasteiger partial charge in [-0.15, -0.1) is 0 Å². The molecular formula is C15H21ClF3N. The number of nitrogens with two attached hydrogens (primary N) is 1. The van der Waals surface area contributed by atoms with Crippen molar-refractivity contribution < 1.29 is 13.2 Å². The normalized spacial score (nSPS) is 12.8. The van der Waals surface area contributed by atoms with Gasteiger partial charge in [0, 0.05) is 0 Å². The molecule has 0 unspecified atom stereocenters. The Kier molecular flexibility index (Phi) is 5.50. The maximum Gasteiger partial charge on any atom is 0.417 e. The first-order chi connectivity index (χ1) is 9.07. The number of hydrogen-bond acceptors (Lipinski definition) is 1. The largest absolute Gasteiger partial charge is 0.417 e. The van der Waals surface area contributed by atoms with Gasteiger partial charge in [-0.05, 0) is 48.4 Å². The van der Waals surface area contributed by atoms with Crippen LogP contribution in [0, 0.1) is 0 Å². The zero-order chi connectivity index (χ0) is 15.6. The molecule has 1 aromatic rings. The Bertz CT molecular complexity index is 426. The Morgan fingerprint density at radius 2 is 1.60 bits per heavy atom. The SMILES string of the molecule is CC(C)(C)c1cc(CCCCN)cc(C(F)(F)F)c1Cl. The molecule has 5 heteroatoms. The van der Waals surface area contributed by atoms with Gasteiger partial charge in [-0.1, -0.05) is 38.4 Å². The molecule has 0 fully saturated rings. The molecule has 1 nitrogen and oxygen atoms in total. The third kappa shape index (κ3) is 4.38. The van der Waals surface area contributed by atoms with Gasteiger partial charge in [0.2, 0.25) is 0 Å². The van der Waals surface area contributed by atoms with Crippen LogP contribution >= 0.6 is 11.6 Å². The van der Waals surface area contributed by atoms with Gasteiger partial charge in [0.1, 0.15) is 0 Å². The number of aryl methyl sites for hydroxylation is 1. The van der Waals surface area contributed by atoms with Crippen LogP contribution in [0.4, 0.5) is 13.2 Å². The van der Waals surface area contributed by atoms with Crippen molar-refractivity contribution in [3.63, 3.8) is 0 Å². The van der Waals surface area contributed by atoms with Gasteiger partial charge in [-0.3, -0.25) is 0 Å². The predicted octanol–water partition coefficient (Wildman–Crippen LogP) is 4.94. The molecule has 2 N–H and O–H groups in total. The summed E-state index contributed by atoms with van der Waals surface area (Å²) in [4.78, 5) is 0. The summed E-state index contributed by atoms with van der Waals surface area (Å²) in [6, 6.07) is 2.95. The van der Waals surface area contributed by atoms with Crippen LogP contribution in [0.15, 0.2) is 12.1 Å². The van der Waals surface area contributed by atoms with Gasteiger partial charge in [0.15, 0.2) is 0 Å². The van der Waals surface area contributed by atoms with Gasteiger partial charge >= 0.3 is 6.18 Å². The maximum absolute atomic E-state index is 13.1. The van der Waals surface area contributed by atoms with Crippen LogP contribution in [-0.4, -0.2) is 6.54 Å². The van der Waals surface area contributed by atoms with E-state index in [1.165, 1.54) is 0 Å². The fourth-order valence-electron chi connectivity index (χ4n) is 2.05. The molecule has 0 aliphatic carbocycles. The van der Waals surface area contributed by atoms with Crippen LogP contribution < -0.4 is 5.73 Å². The highest BCUT2D eigenvalue weighted by Crippen LogP contribution is 2.41. The van der Waals surface area contributed by atoms with Crippen molar-refractivity contribution in [1.82, 2.24) is 0 Å². The topological polar surface area (TPSA) is 26.0 Å². The minimum atomic E-state index is -4.43. The van der Waals surface area contributed by atoms with E-state index in [0.29, 0.717) is 24.1 Å². The van der Waals surface area contributed by atoms with Gasteiger partial charge in [0.05, 0.1) is 10.6 Å².